The molecule has 3 N–H and O–H groups in total. The summed E-state index contributed by atoms with van der Waals surface area (Å²) in [5.41, 5.74) is 2.88. The van der Waals surface area contributed by atoms with Gasteiger partial charge in [0.15, 0.2) is 5.96 Å². The van der Waals surface area contributed by atoms with Crippen molar-refractivity contribution in [3.8, 4) is 0 Å². The number of aliphatic imine (C=N–C) groups is 1. The van der Waals surface area contributed by atoms with E-state index in [1.807, 2.05) is 31.2 Å². The third-order valence-corrected chi connectivity index (χ3v) is 4.91. The Morgan fingerprint density at radius 1 is 1.22 bits per heavy atom. The van der Waals surface area contributed by atoms with Gasteiger partial charge in [0.2, 0.25) is 0 Å². The number of ether oxygens (including phenoxy) is 1. The smallest absolute Gasteiger partial charge is 0.411 e. The number of nitrogens with one attached hydrogen (secondary N) is 3. The quantitative estimate of drug-likeness (QED) is 0.319. The number of anilines is 1. The predicted octanol–water partition coefficient (Wildman–Crippen LogP) is 3.46. The van der Waals surface area contributed by atoms with Crippen LogP contribution in [0.3, 0.4) is 0 Å². The molecular weight excluding hydrogens is 477 g/mol. The zero-order valence-electron chi connectivity index (χ0n) is 16.0. The van der Waals surface area contributed by atoms with Crippen LogP contribution in [0.2, 0.25) is 0 Å². The topological polar surface area (TPSA) is 87.6 Å². The summed E-state index contributed by atoms with van der Waals surface area (Å²) in [5.74, 6) is 0.742. The summed E-state index contributed by atoms with van der Waals surface area (Å²) in [4.78, 5) is 21.2. The Balaban J connectivity index is 0.00000364. The minimum Gasteiger partial charge on any atom is -0.453 e. The second kappa shape index (κ2) is 11.8. The molecule has 9 heteroatoms. The SMILES string of the molecule is CN=C(NCCc1nc(C)c(C)s1)NCc1ccc(NC(=O)OC)cc1.I. The number of aromatic nitrogens is 1. The van der Waals surface area contributed by atoms with Gasteiger partial charge in [0.1, 0.15) is 0 Å². The number of carbonyl (C=O) groups is 1. The van der Waals surface area contributed by atoms with Gasteiger partial charge >= 0.3 is 6.09 Å². The maximum absolute atomic E-state index is 11.2. The van der Waals surface area contributed by atoms with Crippen molar-refractivity contribution < 1.29 is 9.53 Å². The first-order valence-electron chi connectivity index (χ1n) is 8.33. The van der Waals surface area contributed by atoms with Crippen molar-refractivity contribution in [1.82, 2.24) is 15.6 Å². The van der Waals surface area contributed by atoms with E-state index >= 15 is 0 Å². The molecule has 0 fully saturated rings. The van der Waals surface area contributed by atoms with Gasteiger partial charge < -0.3 is 15.4 Å². The second-order valence-corrected chi connectivity index (χ2v) is 6.95. The number of nitrogens with zero attached hydrogens (tertiary/aromatic N) is 2. The van der Waals surface area contributed by atoms with E-state index < -0.39 is 6.09 Å². The van der Waals surface area contributed by atoms with Crippen molar-refractivity contribution in [2.75, 3.05) is 26.0 Å². The number of halogens is 1. The molecule has 1 aromatic heterocycles. The Morgan fingerprint density at radius 3 is 2.48 bits per heavy atom. The van der Waals surface area contributed by atoms with Gasteiger partial charge in [-0.05, 0) is 31.5 Å². The third kappa shape index (κ3) is 7.71. The molecule has 27 heavy (non-hydrogen) atoms. The average Bonchev–Trinajstić information content (AvgIpc) is 2.96. The number of benzene rings is 1. The lowest BCUT2D eigenvalue weighted by Gasteiger charge is -2.12. The van der Waals surface area contributed by atoms with E-state index in [0.717, 1.165) is 35.2 Å². The fourth-order valence-electron chi connectivity index (χ4n) is 2.22. The summed E-state index contributed by atoms with van der Waals surface area (Å²) in [6, 6.07) is 7.54. The van der Waals surface area contributed by atoms with Crippen LogP contribution in [0, 0.1) is 13.8 Å². The Morgan fingerprint density at radius 2 is 1.93 bits per heavy atom. The molecule has 148 valence electrons. The van der Waals surface area contributed by atoms with Crippen LogP contribution in [0.1, 0.15) is 21.1 Å². The third-order valence-electron chi connectivity index (χ3n) is 3.77. The number of methoxy groups -OCH3 is 1. The maximum Gasteiger partial charge on any atom is 0.411 e. The molecule has 0 radical (unpaired) electrons. The van der Waals surface area contributed by atoms with Gasteiger partial charge in [-0.2, -0.15) is 0 Å². The lowest BCUT2D eigenvalue weighted by Crippen LogP contribution is -2.37. The summed E-state index contributed by atoms with van der Waals surface area (Å²) in [6.07, 6.45) is 0.389. The van der Waals surface area contributed by atoms with Gasteiger partial charge in [-0.15, -0.1) is 35.3 Å². The number of amides is 1. The minimum atomic E-state index is -0.480. The first kappa shape index (κ1) is 23.2. The van der Waals surface area contributed by atoms with Crippen LogP contribution in [-0.2, 0) is 17.7 Å². The minimum absolute atomic E-state index is 0. The normalized spacial score (nSPS) is 10.7. The van der Waals surface area contributed by atoms with E-state index in [1.165, 1.54) is 12.0 Å². The van der Waals surface area contributed by atoms with Crippen molar-refractivity contribution >= 4 is 53.1 Å². The molecule has 2 aromatic rings. The molecule has 0 saturated heterocycles. The zero-order chi connectivity index (χ0) is 18.9. The standard InChI is InChI=1S/C18H25N5O2S.HI/c1-12-13(2)26-16(22-12)9-10-20-17(19-3)21-11-14-5-7-15(8-6-14)23-18(24)25-4;/h5-8H,9-11H2,1-4H3,(H,23,24)(H2,19,20,21);1H. The molecule has 0 aliphatic carbocycles. The number of aryl methyl sites for hydroxylation is 2. The highest BCUT2D eigenvalue weighted by Gasteiger charge is 2.05. The summed E-state index contributed by atoms with van der Waals surface area (Å²) < 4.78 is 4.57. The van der Waals surface area contributed by atoms with Crippen LogP contribution in [-0.4, -0.2) is 37.7 Å². The van der Waals surface area contributed by atoms with Crippen LogP contribution in [0.5, 0.6) is 0 Å². The van der Waals surface area contributed by atoms with Crippen LogP contribution in [0.15, 0.2) is 29.3 Å². The number of rotatable bonds is 6. The van der Waals surface area contributed by atoms with E-state index in [4.69, 9.17) is 0 Å². The molecular formula is C18H26IN5O2S. The van der Waals surface area contributed by atoms with Crippen molar-refractivity contribution in [2.24, 2.45) is 4.99 Å². The van der Waals surface area contributed by atoms with E-state index in [2.05, 4.69) is 37.6 Å². The first-order chi connectivity index (χ1) is 12.5. The summed E-state index contributed by atoms with van der Waals surface area (Å²) >= 11 is 1.74. The van der Waals surface area contributed by atoms with Crippen LogP contribution in [0.4, 0.5) is 10.5 Å². The van der Waals surface area contributed by atoms with Crippen molar-refractivity contribution in [3.63, 3.8) is 0 Å². The lowest BCUT2D eigenvalue weighted by molar-refractivity contribution is 0.187. The molecule has 1 heterocycles. The highest BCUT2D eigenvalue weighted by atomic mass is 127. The monoisotopic (exact) mass is 503 g/mol. The van der Waals surface area contributed by atoms with E-state index in [-0.39, 0.29) is 24.0 Å². The number of carbonyl (C=O) groups excluding carboxylic acids is 1. The lowest BCUT2D eigenvalue weighted by atomic mass is 10.2. The number of hydrogen-bond donors (Lipinski definition) is 3. The second-order valence-electron chi connectivity index (χ2n) is 5.67. The molecule has 0 bridgehead atoms. The molecule has 0 atom stereocenters. The molecule has 0 aliphatic heterocycles. The van der Waals surface area contributed by atoms with Crippen LogP contribution >= 0.6 is 35.3 Å². The molecule has 0 spiro atoms. The molecule has 1 aromatic carbocycles. The first-order valence-corrected chi connectivity index (χ1v) is 9.14. The van der Waals surface area contributed by atoms with Gasteiger partial charge in [0.05, 0.1) is 17.8 Å². The van der Waals surface area contributed by atoms with Gasteiger partial charge in [-0.1, -0.05) is 12.1 Å². The highest BCUT2D eigenvalue weighted by molar-refractivity contribution is 14.0. The zero-order valence-corrected chi connectivity index (χ0v) is 19.1. The number of thiazole rings is 1. The van der Waals surface area contributed by atoms with Gasteiger partial charge in [0.25, 0.3) is 0 Å². The van der Waals surface area contributed by atoms with Crippen molar-refractivity contribution in [3.05, 3.63) is 45.4 Å². The maximum atomic E-state index is 11.2. The highest BCUT2D eigenvalue weighted by Crippen LogP contribution is 2.16. The summed E-state index contributed by atoms with van der Waals surface area (Å²) in [6.45, 7) is 5.54. The van der Waals surface area contributed by atoms with Crippen LogP contribution in [0.25, 0.3) is 0 Å². The van der Waals surface area contributed by atoms with E-state index in [1.54, 1.807) is 18.4 Å². The van der Waals surface area contributed by atoms with Crippen molar-refractivity contribution in [2.45, 2.75) is 26.8 Å². The predicted molar refractivity (Wildman–Crippen MR) is 121 cm³/mol. The Hall–Kier alpha value is -1.88. The number of hydrogen-bond acceptors (Lipinski definition) is 5. The Kier molecular flexibility index (Phi) is 10.1. The Bertz CT molecular complexity index is 742. The van der Waals surface area contributed by atoms with E-state index in [9.17, 15) is 4.79 Å². The molecule has 0 aliphatic rings. The van der Waals surface area contributed by atoms with Gasteiger partial charge in [-0.25, -0.2) is 9.78 Å². The van der Waals surface area contributed by atoms with Crippen molar-refractivity contribution in [1.29, 1.82) is 0 Å². The molecule has 1 amide bonds. The fraction of sp³-hybridized carbons (Fsp3) is 0.389. The number of guanidine groups is 1. The molecule has 0 saturated carbocycles. The molecule has 7 nitrogen and oxygen atoms in total. The van der Waals surface area contributed by atoms with Crippen LogP contribution < -0.4 is 16.0 Å². The van der Waals surface area contributed by atoms with E-state index in [0.29, 0.717) is 12.2 Å². The van der Waals surface area contributed by atoms with Gasteiger partial charge in [-0.3, -0.25) is 10.3 Å². The van der Waals surface area contributed by atoms with Gasteiger partial charge in [0, 0.05) is 37.1 Å². The summed E-state index contributed by atoms with van der Waals surface area (Å²) in [7, 11) is 3.08. The molecule has 0 unspecified atom stereocenters. The fourth-order valence-corrected chi connectivity index (χ4v) is 3.15. The Labute approximate surface area is 181 Å². The average molecular weight is 503 g/mol. The molecule has 2 rings (SSSR count). The summed E-state index contributed by atoms with van der Waals surface area (Å²) in [5, 5.41) is 10.3. The largest absolute Gasteiger partial charge is 0.453 e.